The van der Waals surface area contributed by atoms with Gasteiger partial charge >= 0.3 is 58.4 Å². The first-order chi connectivity index (χ1) is 2.56. The van der Waals surface area contributed by atoms with E-state index in [2.05, 4.69) is 0 Å². The van der Waals surface area contributed by atoms with E-state index in [-0.39, 0.29) is 51.4 Å². The van der Waals surface area contributed by atoms with Gasteiger partial charge in [-0.1, -0.05) is 0 Å². The predicted molar refractivity (Wildman–Crippen MR) is 15.1 cm³/mol. The molecule has 0 aliphatic carbocycles. The van der Waals surface area contributed by atoms with Crippen molar-refractivity contribution in [3.05, 3.63) is 0 Å². The quantitative estimate of drug-likeness (QED) is 0.302. The molecule has 0 aromatic carbocycles. The van der Waals surface area contributed by atoms with Crippen LogP contribution in [-0.4, -0.2) is 13.6 Å². The summed E-state index contributed by atoms with van der Waals surface area (Å²) in [5, 5.41) is 0. The van der Waals surface area contributed by atoms with Gasteiger partial charge in [-0.2, -0.15) is 0 Å². The monoisotopic (exact) mass is 140 g/mol. The second kappa shape index (κ2) is 4.31. The Kier molecular flexibility index (Phi) is 6.93. The summed E-state index contributed by atoms with van der Waals surface area (Å²) >= 11 is 0. The molecule has 0 aliphatic rings. The normalized spacial score (nSPS) is 10.3. The van der Waals surface area contributed by atoms with Gasteiger partial charge < -0.3 is 12.9 Å². The first-order valence-electron chi connectivity index (χ1n) is 1.33. The number of rotatable bonds is 1. The van der Waals surface area contributed by atoms with Crippen LogP contribution >= 0.6 is 0 Å². The van der Waals surface area contributed by atoms with Crippen LogP contribution in [0.2, 0.25) is 0 Å². The second-order valence-electron chi connectivity index (χ2n) is 0.865. The van der Waals surface area contributed by atoms with Crippen LogP contribution in [0.3, 0.4) is 0 Å². The van der Waals surface area contributed by atoms with Gasteiger partial charge in [0.05, 0.1) is 6.57 Å². The predicted octanol–water partition coefficient (Wildman–Crippen LogP) is -1.65. The average molecular weight is 140 g/mol. The molecular formula is CH2BF4K. The van der Waals surface area contributed by atoms with Crippen molar-refractivity contribution in [2.75, 3.05) is 6.57 Å². The van der Waals surface area contributed by atoms with Crippen LogP contribution in [0.4, 0.5) is 17.3 Å². The molecule has 0 aliphatic heterocycles. The fraction of sp³-hybridized carbons (Fsp3) is 1.00. The minimum absolute atomic E-state index is 0. The molecule has 38 valence electrons. The molecule has 7 heavy (non-hydrogen) atoms. The van der Waals surface area contributed by atoms with Crippen LogP contribution in [0.25, 0.3) is 0 Å². The zero-order valence-corrected chi connectivity index (χ0v) is 6.92. The molecule has 0 aromatic rings. The fourth-order valence-electron chi connectivity index (χ4n) is 0. The summed E-state index contributed by atoms with van der Waals surface area (Å²) < 4.78 is 41.8. The maximum Gasteiger partial charge on any atom is 1.00 e. The van der Waals surface area contributed by atoms with Crippen LogP contribution in [0.1, 0.15) is 0 Å². The number of halogens is 4. The number of hydrogen-bond donors (Lipinski definition) is 0. The molecule has 0 N–H and O–H groups in total. The Morgan fingerprint density at radius 1 is 1.14 bits per heavy atom. The second-order valence-corrected chi connectivity index (χ2v) is 0.865. The number of hydrogen-bond acceptors (Lipinski definition) is 0. The smallest absolute Gasteiger partial charge is 0.447 e. The third-order valence-corrected chi connectivity index (χ3v) is 0.175. The molecule has 0 heterocycles. The maximum absolute atomic E-state index is 10.5. The van der Waals surface area contributed by atoms with E-state index in [0.29, 0.717) is 0 Å². The Balaban J connectivity index is 0. The Morgan fingerprint density at radius 2 is 1.29 bits per heavy atom. The summed E-state index contributed by atoms with van der Waals surface area (Å²) in [5.74, 6) is 0. The summed E-state index contributed by atoms with van der Waals surface area (Å²) in [6, 6.07) is 0. The van der Waals surface area contributed by atoms with Crippen molar-refractivity contribution in [2.24, 2.45) is 0 Å². The summed E-state index contributed by atoms with van der Waals surface area (Å²) in [7, 11) is 0. The van der Waals surface area contributed by atoms with Crippen LogP contribution in [0.5, 0.6) is 0 Å². The van der Waals surface area contributed by atoms with Crippen molar-refractivity contribution in [1.29, 1.82) is 0 Å². The van der Waals surface area contributed by atoms with Crippen LogP contribution in [-0.2, 0) is 0 Å². The van der Waals surface area contributed by atoms with Crippen molar-refractivity contribution in [3.63, 3.8) is 0 Å². The molecule has 0 atom stereocenters. The molecule has 6 heteroatoms. The van der Waals surface area contributed by atoms with Gasteiger partial charge in [-0.25, -0.2) is 0 Å². The van der Waals surface area contributed by atoms with Gasteiger partial charge in [-0.15, -0.1) is 0 Å². The Morgan fingerprint density at radius 3 is 1.29 bits per heavy atom. The van der Waals surface area contributed by atoms with Crippen molar-refractivity contribution in [2.45, 2.75) is 0 Å². The van der Waals surface area contributed by atoms with Crippen molar-refractivity contribution in [1.82, 2.24) is 0 Å². The van der Waals surface area contributed by atoms with E-state index < -0.39 is 13.6 Å². The molecule has 0 aromatic heterocycles. The summed E-state index contributed by atoms with van der Waals surface area (Å²) in [6.45, 7) is -7.32. The molecular weight excluding hydrogens is 138 g/mol. The number of alkyl halides is 1. The Labute approximate surface area is 81.1 Å². The minimum atomic E-state index is -5.15. The van der Waals surface area contributed by atoms with Gasteiger partial charge in [0.25, 0.3) is 0 Å². The molecule has 0 nitrogen and oxygen atoms in total. The molecule has 0 rings (SSSR count). The fourth-order valence-corrected chi connectivity index (χ4v) is 0. The first-order valence-corrected chi connectivity index (χ1v) is 1.33. The maximum atomic E-state index is 10.5. The Bertz CT molecular complexity index is 41.4. The molecule has 0 bridgehead atoms. The van der Waals surface area contributed by atoms with Crippen LogP contribution in [0, 0.1) is 0 Å². The van der Waals surface area contributed by atoms with Gasteiger partial charge in [0.1, 0.15) is 0 Å². The zero-order valence-electron chi connectivity index (χ0n) is 3.80. The summed E-state index contributed by atoms with van der Waals surface area (Å²) in [5.41, 5.74) is 0. The third-order valence-electron chi connectivity index (χ3n) is 0.175. The van der Waals surface area contributed by atoms with E-state index >= 15 is 0 Å². The van der Waals surface area contributed by atoms with E-state index in [9.17, 15) is 17.3 Å². The molecule has 0 saturated heterocycles. The SMILES string of the molecule is FC[B-](F)(F)F.[K+]. The molecule has 0 amide bonds. The van der Waals surface area contributed by atoms with E-state index in [4.69, 9.17) is 0 Å². The Hall–Kier alpha value is 1.42. The van der Waals surface area contributed by atoms with Gasteiger partial charge in [0.2, 0.25) is 0 Å². The van der Waals surface area contributed by atoms with Gasteiger partial charge in [-0.3, -0.25) is 4.39 Å². The third kappa shape index (κ3) is 11.2. The molecule has 0 fully saturated rings. The topological polar surface area (TPSA) is 0 Å². The van der Waals surface area contributed by atoms with E-state index in [1.165, 1.54) is 0 Å². The first kappa shape index (κ1) is 11.2. The van der Waals surface area contributed by atoms with Crippen molar-refractivity contribution < 1.29 is 68.7 Å². The van der Waals surface area contributed by atoms with Crippen molar-refractivity contribution in [3.8, 4) is 0 Å². The summed E-state index contributed by atoms with van der Waals surface area (Å²) in [4.78, 5) is 0. The van der Waals surface area contributed by atoms with Crippen LogP contribution in [0.15, 0.2) is 0 Å². The van der Waals surface area contributed by atoms with Gasteiger partial charge in [-0.05, 0) is 0 Å². The van der Waals surface area contributed by atoms with E-state index in [1.807, 2.05) is 0 Å². The zero-order chi connectivity index (χ0) is 5.21. The van der Waals surface area contributed by atoms with Crippen molar-refractivity contribution >= 4 is 6.98 Å². The average Bonchev–Trinajstić information content (AvgIpc) is 1.35. The molecule has 0 unspecified atom stereocenters. The van der Waals surface area contributed by atoms with Crippen LogP contribution < -0.4 is 51.4 Å². The standard InChI is InChI=1S/CH2BF4.K/c3-1-2(4,5)6;/h1H2;/q-1;+1. The summed E-state index contributed by atoms with van der Waals surface area (Å²) in [6.07, 6.45) is 0. The van der Waals surface area contributed by atoms with E-state index in [1.54, 1.807) is 0 Å². The minimum Gasteiger partial charge on any atom is -0.447 e. The molecule has 0 saturated carbocycles. The van der Waals surface area contributed by atoms with E-state index in [0.717, 1.165) is 0 Å². The van der Waals surface area contributed by atoms with Gasteiger partial charge in [0.15, 0.2) is 0 Å². The largest absolute Gasteiger partial charge is 1.00 e. The molecule has 0 spiro atoms. The van der Waals surface area contributed by atoms with Gasteiger partial charge in [0, 0.05) is 0 Å². The molecule has 0 radical (unpaired) electrons.